The molecule has 2 rings (SSSR count). The van der Waals surface area contributed by atoms with Crippen LogP contribution in [0.25, 0.3) is 0 Å². The maximum atomic E-state index is 3.56. The maximum Gasteiger partial charge on any atom is 0.0364 e. The summed E-state index contributed by atoms with van der Waals surface area (Å²) in [5.41, 5.74) is 2.64. The maximum absolute atomic E-state index is 3.56. The second kappa shape index (κ2) is 6.21. The molecule has 0 saturated carbocycles. The van der Waals surface area contributed by atoms with E-state index in [2.05, 4.69) is 82.3 Å². The van der Waals surface area contributed by atoms with E-state index in [4.69, 9.17) is 0 Å². The Morgan fingerprint density at radius 1 is 1.28 bits per heavy atom. The second-order valence-electron chi connectivity index (χ2n) is 4.44. The topological polar surface area (TPSA) is 17.0 Å². The summed E-state index contributed by atoms with van der Waals surface area (Å²) < 4.78 is 3.39. The van der Waals surface area contributed by atoms with Crippen LogP contribution in [0.15, 0.2) is 47.1 Å². The fourth-order valence-electron chi connectivity index (χ4n) is 2.07. The van der Waals surface area contributed by atoms with Gasteiger partial charge >= 0.3 is 0 Å². The molecule has 2 nitrogen and oxygen atoms in total. The Bertz CT molecular complexity index is 505. The lowest BCUT2D eigenvalue weighted by molar-refractivity contribution is 0.549. The molecule has 0 radical (unpaired) electrons. The number of halogens is 1. The lowest BCUT2D eigenvalue weighted by atomic mass is 10.1. The minimum absolute atomic E-state index is 0.350. The first kappa shape index (κ1) is 13.4. The highest BCUT2D eigenvalue weighted by atomic mass is 79.9. The van der Waals surface area contributed by atoms with Gasteiger partial charge in [0.15, 0.2) is 0 Å². The third-order valence-electron chi connectivity index (χ3n) is 3.20. The fourth-order valence-corrected chi connectivity index (χ4v) is 2.49. The van der Waals surface area contributed by atoms with Gasteiger partial charge in [-0.15, -0.1) is 0 Å². The van der Waals surface area contributed by atoms with Crippen molar-refractivity contribution in [1.82, 2.24) is 9.88 Å². The molecule has 0 bridgehead atoms. The molecule has 1 unspecified atom stereocenters. The predicted molar refractivity (Wildman–Crippen MR) is 79.5 cm³/mol. The monoisotopic (exact) mass is 306 g/mol. The van der Waals surface area contributed by atoms with Crippen LogP contribution in [-0.4, -0.2) is 4.57 Å². The van der Waals surface area contributed by atoms with Gasteiger partial charge < -0.3 is 9.88 Å². The van der Waals surface area contributed by atoms with Crippen LogP contribution < -0.4 is 5.32 Å². The van der Waals surface area contributed by atoms with Gasteiger partial charge in [0.1, 0.15) is 0 Å². The number of nitrogens with one attached hydrogen (secondary N) is 1. The van der Waals surface area contributed by atoms with Gasteiger partial charge in [-0.2, -0.15) is 0 Å². The van der Waals surface area contributed by atoms with Gasteiger partial charge in [-0.05, 0) is 43.7 Å². The normalized spacial score (nSPS) is 12.6. The summed E-state index contributed by atoms with van der Waals surface area (Å²) in [5, 5.41) is 3.56. The number of aryl methyl sites for hydroxylation is 1. The summed E-state index contributed by atoms with van der Waals surface area (Å²) in [4.78, 5) is 0. The zero-order valence-corrected chi connectivity index (χ0v) is 12.4. The van der Waals surface area contributed by atoms with Crippen molar-refractivity contribution in [3.63, 3.8) is 0 Å². The molecule has 1 aromatic carbocycles. The standard InChI is InChI=1S/C15H19BrN2/c1-3-18-9-5-8-15(18)11-17-12(2)13-6-4-7-14(16)10-13/h4-10,12,17H,3,11H2,1-2H3. The highest BCUT2D eigenvalue weighted by Gasteiger charge is 2.06. The third-order valence-corrected chi connectivity index (χ3v) is 3.70. The Morgan fingerprint density at radius 3 is 2.83 bits per heavy atom. The Morgan fingerprint density at radius 2 is 2.11 bits per heavy atom. The van der Waals surface area contributed by atoms with Gasteiger partial charge in [0.25, 0.3) is 0 Å². The van der Waals surface area contributed by atoms with Crippen molar-refractivity contribution >= 4 is 15.9 Å². The Hall–Kier alpha value is -1.06. The van der Waals surface area contributed by atoms with Gasteiger partial charge in [0.05, 0.1) is 0 Å². The molecule has 0 spiro atoms. The number of nitrogens with zero attached hydrogens (tertiary/aromatic N) is 1. The molecular weight excluding hydrogens is 288 g/mol. The van der Waals surface area contributed by atoms with Crippen molar-refractivity contribution in [1.29, 1.82) is 0 Å². The smallest absolute Gasteiger partial charge is 0.0364 e. The van der Waals surface area contributed by atoms with E-state index in [1.807, 2.05) is 0 Å². The first-order valence-corrected chi connectivity index (χ1v) is 7.13. The summed E-state index contributed by atoms with van der Waals surface area (Å²) in [5.74, 6) is 0. The molecule has 1 atom stereocenters. The van der Waals surface area contributed by atoms with Gasteiger partial charge in [-0.25, -0.2) is 0 Å². The largest absolute Gasteiger partial charge is 0.351 e. The van der Waals surface area contributed by atoms with E-state index in [9.17, 15) is 0 Å². The number of rotatable bonds is 5. The predicted octanol–water partition coefficient (Wildman–Crippen LogP) is 4.12. The van der Waals surface area contributed by atoms with Crippen LogP contribution in [0.5, 0.6) is 0 Å². The number of hydrogen-bond acceptors (Lipinski definition) is 1. The minimum atomic E-state index is 0.350. The molecule has 96 valence electrons. The van der Waals surface area contributed by atoms with Gasteiger partial charge in [0.2, 0.25) is 0 Å². The molecule has 0 aliphatic carbocycles. The summed E-state index contributed by atoms with van der Waals surface area (Å²) >= 11 is 3.51. The fraction of sp³-hybridized carbons (Fsp3) is 0.333. The van der Waals surface area contributed by atoms with Gasteiger partial charge in [0, 0.05) is 35.5 Å². The molecule has 3 heteroatoms. The SMILES string of the molecule is CCn1cccc1CNC(C)c1cccc(Br)c1. The molecule has 0 fully saturated rings. The van der Waals surface area contributed by atoms with E-state index < -0.39 is 0 Å². The van der Waals surface area contributed by atoms with Crippen molar-refractivity contribution in [3.05, 3.63) is 58.3 Å². The highest BCUT2D eigenvalue weighted by molar-refractivity contribution is 9.10. The molecule has 1 aromatic heterocycles. The minimum Gasteiger partial charge on any atom is -0.351 e. The van der Waals surface area contributed by atoms with E-state index in [0.29, 0.717) is 6.04 Å². The first-order valence-electron chi connectivity index (χ1n) is 6.33. The van der Waals surface area contributed by atoms with Crippen molar-refractivity contribution in [3.8, 4) is 0 Å². The van der Waals surface area contributed by atoms with Crippen molar-refractivity contribution < 1.29 is 0 Å². The average molecular weight is 307 g/mol. The molecule has 0 aliphatic rings. The quantitative estimate of drug-likeness (QED) is 0.879. The van der Waals surface area contributed by atoms with Crippen LogP contribution in [0.2, 0.25) is 0 Å². The van der Waals surface area contributed by atoms with Crippen LogP contribution >= 0.6 is 15.9 Å². The Labute approximate surface area is 117 Å². The number of benzene rings is 1. The zero-order valence-electron chi connectivity index (χ0n) is 10.9. The first-order chi connectivity index (χ1) is 8.70. The van der Waals surface area contributed by atoms with Crippen molar-refractivity contribution in [2.24, 2.45) is 0 Å². The summed E-state index contributed by atoms with van der Waals surface area (Å²) in [6, 6.07) is 13.1. The van der Waals surface area contributed by atoms with E-state index in [1.54, 1.807) is 0 Å². The zero-order chi connectivity index (χ0) is 13.0. The molecule has 1 heterocycles. The highest BCUT2D eigenvalue weighted by Crippen LogP contribution is 2.18. The summed E-state index contributed by atoms with van der Waals surface area (Å²) in [7, 11) is 0. The molecule has 0 aliphatic heterocycles. The molecule has 0 amide bonds. The van der Waals surface area contributed by atoms with Crippen molar-refractivity contribution in [2.45, 2.75) is 33.0 Å². The lowest BCUT2D eigenvalue weighted by Gasteiger charge is -2.15. The Balaban J connectivity index is 1.98. The molecule has 2 aromatic rings. The number of hydrogen-bond donors (Lipinski definition) is 1. The van der Waals surface area contributed by atoms with E-state index in [-0.39, 0.29) is 0 Å². The van der Waals surface area contributed by atoms with Crippen LogP contribution in [0.1, 0.15) is 31.1 Å². The van der Waals surface area contributed by atoms with Crippen LogP contribution in [0.3, 0.4) is 0 Å². The molecule has 1 N–H and O–H groups in total. The van der Waals surface area contributed by atoms with Crippen LogP contribution in [-0.2, 0) is 13.1 Å². The third kappa shape index (κ3) is 3.24. The van der Waals surface area contributed by atoms with Crippen LogP contribution in [0, 0.1) is 0 Å². The summed E-state index contributed by atoms with van der Waals surface area (Å²) in [6.07, 6.45) is 2.13. The Kier molecular flexibility index (Phi) is 4.61. The number of aromatic nitrogens is 1. The van der Waals surface area contributed by atoms with Gasteiger partial charge in [-0.1, -0.05) is 28.1 Å². The molecular formula is C15H19BrN2. The second-order valence-corrected chi connectivity index (χ2v) is 5.36. The lowest BCUT2D eigenvalue weighted by Crippen LogP contribution is -2.19. The van der Waals surface area contributed by atoms with Crippen molar-refractivity contribution in [2.75, 3.05) is 0 Å². The van der Waals surface area contributed by atoms with E-state index >= 15 is 0 Å². The molecule has 18 heavy (non-hydrogen) atoms. The van der Waals surface area contributed by atoms with E-state index in [1.165, 1.54) is 11.3 Å². The van der Waals surface area contributed by atoms with E-state index in [0.717, 1.165) is 17.6 Å². The average Bonchev–Trinajstić information content (AvgIpc) is 2.83. The van der Waals surface area contributed by atoms with Gasteiger partial charge in [-0.3, -0.25) is 0 Å². The summed E-state index contributed by atoms with van der Waals surface area (Å²) in [6.45, 7) is 6.28. The van der Waals surface area contributed by atoms with Crippen LogP contribution in [0.4, 0.5) is 0 Å². The molecule has 0 saturated heterocycles.